The van der Waals surface area contributed by atoms with Gasteiger partial charge in [-0.05, 0) is 12.8 Å². The van der Waals surface area contributed by atoms with Crippen LogP contribution in [0.1, 0.15) is 26.7 Å². The van der Waals surface area contributed by atoms with Crippen LogP contribution in [0.15, 0.2) is 0 Å². The standard InChI is InChI=1S/C11H22N2O3/c1-4-7-13(8-5-2)11(15)10(14)12-6-9-16-3/h4-9H2,1-3H3,(H,12,14). The van der Waals surface area contributed by atoms with Gasteiger partial charge in [0.1, 0.15) is 0 Å². The number of rotatable bonds is 7. The van der Waals surface area contributed by atoms with Gasteiger partial charge >= 0.3 is 11.8 Å². The van der Waals surface area contributed by atoms with E-state index >= 15 is 0 Å². The Morgan fingerprint density at radius 3 is 2.19 bits per heavy atom. The zero-order valence-corrected chi connectivity index (χ0v) is 10.4. The number of hydrogen-bond donors (Lipinski definition) is 1. The average Bonchev–Trinajstić information content (AvgIpc) is 2.28. The van der Waals surface area contributed by atoms with Crippen LogP contribution in [-0.2, 0) is 14.3 Å². The number of carbonyl (C=O) groups is 2. The third-order valence-electron chi connectivity index (χ3n) is 2.06. The summed E-state index contributed by atoms with van der Waals surface area (Å²) in [6.07, 6.45) is 1.72. The zero-order chi connectivity index (χ0) is 12.4. The molecule has 0 aromatic heterocycles. The third-order valence-corrected chi connectivity index (χ3v) is 2.06. The van der Waals surface area contributed by atoms with Crippen LogP contribution < -0.4 is 5.32 Å². The minimum atomic E-state index is -0.543. The highest BCUT2D eigenvalue weighted by Gasteiger charge is 2.19. The van der Waals surface area contributed by atoms with E-state index in [1.165, 1.54) is 0 Å². The Hall–Kier alpha value is -1.10. The fraction of sp³-hybridized carbons (Fsp3) is 0.818. The Balaban J connectivity index is 4.09. The maximum atomic E-state index is 11.7. The molecule has 5 nitrogen and oxygen atoms in total. The summed E-state index contributed by atoms with van der Waals surface area (Å²) in [5.74, 6) is -0.987. The predicted molar refractivity (Wildman–Crippen MR) is 62.0 cm³/mol. The van der Waals surface area contributed by atoms with E-state index in [9.17, 15) is 9.59 Å². The molecule has 0 saturated heterocycles. The van der Waals surface area contributed by atoms with Crippen molar-refractivity contribution in [3.8, 4) is 0 Å². The summed E-state index contributed by atoms with van der Waals surface area (Å²) in [7, 11) is 1.55. The van der Waals surface area contributed by atoms with Crippen molar-refractivity contribution in [2.24, 2.45) is 0 Å². The smallest absolute Gasteiger partial charge is 0.311 e. The van der Waals surface area contributed by atoms with Gasteiger partial charge in [0, 0.05) is 26.7 Å². The van der Waals surface area contributed by atoms with Crippen molar-refractivity contribution in [3.05, 3.63) is 0 Å². The lowest BCUT2D eigenvalue weighted by Gasteiger charge is -2.20. The van der Waals surface area contributed by atoms with E-state index < -0.39 is 11.8 Å². The number of hydrogen-bond acceptors (Lipinski definition) is 3. The Kier molecular flexibility index (Phi) is 8.52. The van der Waals surface area contributed by atoms with Crippen LogP contribution in [0.2, 0.25) is 0 Å². The summed E-state index contributed by atoms with van der Waals surface area (Å²) < 4.78 is 4.79. The molecule has 0 aromatic rings. The quantitative estimate of drug-likeness (QED) is 0.508. The topological polar surface area (TPSA) is 58.6 Å². The molecule has 0 atom stereocenters. The van der Waals surface area contributed by atoms with Crippen LogP contribution in [0.4, 0.5) is 0 Å². The average molecular weight is 230 g/mol. The molecule has 16 heavy (non-hydrogen) atoms. The second kappa shape index (κ2) is 9.15. The van der Waals surface area contributed by atoms with Crippen molar-refractivity contribution < 1.29 is 14.3 Å². The fourth-order valence-corrected chi connectivity index (χ4v) is 1.34. The molecule has 2 amide bonds. The van der Waals surface area contributed by atoms with Gasteiger partial charge in [0.2, 0.25) is 0 Å². The molecule has 0 aromatic carbocycles. The summed E-state index contributed by atoms with van der Waals surface area (Å²) in [6.45, 7) is 6.01. The van der Waals surface area contributed by atoms with Gasteiger partial charge in [0.15, 0.2) is 0 Å². The Morgan fingerprint density at radius 1 is 1.19 bits per heavy atom. The first-order valence-electron chi connectivity index (χ1n) is 5.73. The molecule has 0 unspecified atom stereocenters. The molecule has 0 saturated carbocycles. The van der Waals surface area contributed by atoms with Gasteiger partial charge in [-0.15, -0.1) is 0 Å². The van der Waals surface area contributed by atoms with E-state index in [0.717, 1.165) is 12.8 Å². The molecule has 94 valence electrons. The highest BCUT2D eigenvalue weighted by atomic mass is 16.5. The SMILES string of the molecule is CCCN(CCC)C(=O)C(=O)NCCOC. The van der Waals surface area contributed by atoms with Gasteiger partial charge in [-0.3, -0.25) is 9.59 Å². The number of nitrogens with one attached hydrogen (secondary N) is 1. The molecular weight excluding hydrogens is 208 g/mol. The second-order valence-corrected chi connectivity index (χ2v) is 3.54. The molecule has 5 heteroatoms. The van der Waals surface area contributed by atoms with E-state index in [0.29, 0.717) is 26.2 Å². The lowest BCUT2D eigenvalue weighted by Crippen LogP contribution is -2.44. The van der Waals surface area contributed by atoms with E-state index in [-0.39, 0.29) is 0 Å². The van der Waals surface area contributed by atoms with Crippen LogP contribution in [0.5, 0.6) is 0 Å². The number of carbonyl (C=O) groups excluding carboxylic acids is 2. The molecule has 0 bridgehead atoms. The fourth-order valence-electron chi connectivity index (χ4n) is 1.34. The van der Waals surface area contributed by atoms with E-state index in [1.54, 1.807) is 12.0 Å². The summed E-state index contributed by atoms with van der Waals surface area (Å²) in [5.41, 5.74) is 0. The zero-order valence-electron chi connectivity index (χ0n) is 10.4. The molecule has 0 aliphatic heterocycles. The number of nitrogens with zero attached hydrogens (tertiary/aromatic N) is 1. The number of methoxy groups -OCH3 is 1. The largest absolute Gasteiger partial charge is 0.383 e. The highest BCUT2D eigenvalue weighted by molar-refractivity contribution is 6.34. The van der Waals surface area contributed by atoms with Crippen molar-refractivity contribution in [2.75, 3.05) is 33.4 Å². The lowest BCUT2D eigenvalue weighted by atomic mass is 10.3. The normalized spacial score (nSPS) is 9.94. The monoisotopic (exact) mass is 230 g/mol. The molecule has 0 fully saturated rings. The molecule has 0 aliphatic carbocycles. The van der Waals surface area contributed by atoms with Gasteiger partial charge < -0.3 is 15.0 Å². The first-order valence-corrected chi connectivity index (χ1v) is 5.73. The summed E-state index contributed by atoms with van der Waals surface area (Å²) >= 11 is 0. The van der Waals surface area contributed by atoms with Crippen LogP contribution in [0.25, 0.3) is 0 Å². The first kappa shape index (κ1) is 14.9. The Bertz CT molecular complexity index is 213. The molecule has 0 rings (SSSR count). The summed E-state index contributed by atoms with van der Waals surface area (Å²) in [5, 5.41) is 2.53. The highest BCUT2D eigenvalue weighted by Crippen LogP contribution is 1.95. The van der Waals surface area contributed by atoms with Crippen molar-refractivity contribution in [3.63, 3.8) is 0 Å². The lowest BCUT2D eigenvalue weighted by molar-refractivity contribution is -0.146. The maximum Gasteiger partial charge on any atom is 0.311 e. The molecular formula is C11H22N2O3. The van der Waals surface area contributed by atoms with E-state index in [1.807, 2.05) is 13.8 Å². The van der Waals surface area contributed by atoms with Crippen LogP contribution in [0.3, 0.4) is 0 Å². The van der Waals surface area contributed by atoms with Gasteiger partial charge in [0.05, 0.1) is 6.61 Å². The summed E-state index contributed by atoms with van der Waals surface area (Å²) in [6, 6.07) is 0. The first-order chi connectivity index (χ1) is 7.67. The third kappa shape index (κ3) is 5.70. The Morgan fingerprint density at radius 2 is 1.75 bits per heavy atom. The van der Waals surface area contributed by atoms with Crippen LogP contribution in [0, 0.1) is 0 Å². The second-order valence-electron chi connectivity index (χ2n) is 3.54. The van der Waals surface area contributed by atoms with Crippen molar-refractivity contribution >= 4 is 11.8 Å². The van der Waals surface area contributed by atoms with E-state index in [4.69, 9.17) is 4.74 Å². The maximum absolute atomic E-state index is 11.7. The van der Waals surface area contributed by atoms with Crippen molar-refractivity contribution in [1.29, 1.82) is 0 Å². The Labute approximate surface area is 97.1 Å². The predicted octanol–water partition coefficient (Wildman–Crippen LogP) is 0.398. The van der Waals surface area contributed by atoms with Gasteiger partial charge in [0.25, 0.3) is 0 Å². The molecule has 0 radical (unpaired) electrons. The molecule has 1 N–H and O–H groups in total. The van der Waals surface area contributed by atoms with Gasteiger partial charge in [-0.2, -0.15) is 0 Å². The molecule has 0 aliphatic rings. The number of ether oxygens (including phenoxy) is 1. The molecule has 0 heterocycles. The number of amides is 2. The minimum Gasteiger partial charge on any atom is -0.383 e. The van der Waals surface area contributed by atoms with Crippen molar-refractivity contribution in [1.82, 2.24) is 10.2 Å². The van der Waals surface area contributed by atoms with Crippen LogP contribution >= 0.6 is 0 Å². The van der Waals surface area contributed by atoms with Crippen LogP contribution in [-0.4, -0.2) is 50.1 Å². The molecule has 0 spiro atoms. The van der Waals surface area contributed by atoms with Crippen molar-refractivity contribution in [2.45, 2.75) is 26.7 Å². The van der Waals surface area contributed by atoms with Gasteiger partial charge in [-0.1, -0.05) is 13.8 Å². The minimum absolute atomic E-state index is 0.368. The summed E-state index contributed by atoms with van der Waals surface area (Å²) in [4.78, 5) is 24.7. The van der Waals surface area contributed by atoms with E-state index in [2.05, 4.69) is 5.32 Å². The van der Waals surface area contributed by atoms with Gasteiger partial charge in [-0.25, -0.2) is 0 Å².